The molecule has 3 nitrogen and oxygen atoms in total. The zero-order valence-corrected chi connectivity index (χ0v) is 11.1. The van der Waals surface area contributed by atoms with Crippen molar-refractivity contribution in [1.82, 2.24) is 0 Å². The highest BCUT2D eigenvalue weighted by Gasteiger charge is 2.10. The Labute approximate surface area is 114 Å². The van der Waals surface area contributed by atoms with Crippen LogP contribution in [-0.4, -0.2) is 11.1 Å². The van der Waals surface area contributed by atoms with Gasteiger partial charge in [0.2, 0.25) is 0 Å². The van der Waals surface area contributed by atoms with Crippen LogP contribution < -0.4 is 5.32 Å². The fraction of sp³-hybridized carbons (Fsp3) is 0.0714. The van der Waals surface area contributed by atoms with Gasteiger partial charge < -0.3 is 10.4 Å². The van der Waals surface area contributed by atoms with Gasteiger partial charge in [-0.05, 0) is 23.8 Å². The summed E-state index contributed by atoms with van der Waals surface area (Å²) in [5.74, 6) is -0.938. The van der Waals surface area contributed by atoms with Gasteiger partial charge in [-0.15, -0.1) is 0 Å². The van der Waals surface area contributed by atoms with Crippen molar-refractivity contribution in [3.63, 3.8) is 0 Å². The Morgan fingerprint density at radius 3 is 2.56 bits per heavy atom. The zero-order valence-electron chi connectivity index (χ0n) is 9.56. The van der Waals surface area contributed by atoms with Gasteiger partial charge in [0.1, 0.15) is 0 Å². The number of carbonyl (C=O) groups is 1. The van der Waals surface area contributed by atoms with Gasteiger partial charge in [0.05, 0.1) is 5.56 Å². The number of halogens is 1. The van der Waals surface area contributed by atoms with Crippen molar-refractivity contribution in [3.8, 4) is 0 Å². The molecule has 0 bridgehead atoms. The molecule has 2 aromatic rings. The van der Waals surface area contributed by atoms with Gasteiger partial charge in [-0.25, -0.2) is 4.79 Å². The molecule has 2 rings (SSSR count). The summed E-state index contributed by atoms with van der Waals surface area (Å²) in [6.07, 6.45) is 0. The van der Waals surface area contributed by atoms with Crippen molar-refractivity contribution in [2.45, 2.75) is 6.54 Å². The van der Waals surface area contributed by atoms with Crippen LogP contribution >= 0.6 is 15.9 Å². The Bertz CT molecular complexity index is 555. The number of carboxylic acids is 1. The number of rotatable bonds is 4. The van der Waals surface area contributed by atoms with E-state index in [0.29, 0.717) is 12.2 Å². The molecule has 0 saturated carbocycles. The summed E-state index contributed by atoms with van der Waals surface area (Å²) in [5, 5.41) is 12.3. The second-order valence-corrected chi connectivity index (χ2v) is 4.75. The van der Waals surface area contributed by atoms with Crippen LogP contribution in [0.1, 0.15) is 15.9 Å². The molecule has 0 spiro atoms. The summed E-state index contributed by atoms with van der Waals surface area (Å²) < 4.78 is 0.755. The minimum Gasteiger partial charge on any atom is -0.478 e. The molecule has 2 N–H and O–H groups in total. The van der Waals surface area contributed by atoms with Crippen LogP contribution in [0, 0.1) is 0 Å². The molecule has 0 unspecified atom stereocenters. The number of hydrogen-bond donors (Lipinski definition) is 2. The van der Waals surface area contributed by atoms with E-state index in [1.54, 1.807) is 12.1 Å². The largest absolute Gasteiger partial charge is 0.478 e. The predicted molar refractivity (Wildman–Crippen MR) is 74.9 cm³/mol. The van der Waals surface area contributed by atoms with Gasteiger partial charge >= 0.3 is 5.97 Å². The van der Waals surface area contributed by atoms with Crippen molar-refractivity contribution in [2.24, 2.45) is 0 Å². The van der Waals surface area contributed by atoms with E-state index in [1.807, 2.05) is 36.4 Å². The topological polar surface area (TPSA) is 49.3 Å². The smallest absolute Gasteiger partial charge is 0.337 e. The fourth-order valence-corrected chi connectivity index (χ4v) is 2.00. The lowest BCUT2D eigenvalue weighted by Gasteiger charge is -2.10. The summed E-state index contributed by atoms with van der Waals surface area (Å²) in [6, 6.07) is 15.0. The Balaban J connectivity index is 2.17. The van der Waals surface area contributed by atoms with E-state index in [0.717, 1.165) is 10.0 Å². The average molecular weight is 306 g/mol. The third-order valence-corrected chi connectivity index (χ3v) is 3.03. The number of hydrogen-bond acceptors (Lipinski definition) is 2. The molecule has 0 heterocycles. The first-order chi connectivity index (χ1) is 8.66. The molecule has 0 aliphatic rings. The van der Waals surface area contributed by atoms with Crippen LogP contribution in [0.3, 0.4) is 0 Å². The van der Waals surface area contributed by atoms with Gasteiger partial charge in [0.15, 0.2) is 0 Å². The van der Waals surface area contributed by atoms with Gasteiger partial charge in [-0.1, -0.05) is 46.3 Å². The van der Waals surface area contributed by atoms with E-state index < -0.39 is 5.97 Å². The van der Waals surface area contributed by atoms with Crippen LogP contribution in [0.25, 0.3) is 0 Å². The first-order valence-electron chi connectivity index (χ1n) is 5.47. The maximum absolute atomic E-state index is 11.1. The predicted octanol–water partition coefficient (Wildman–Crippen LogP) is 3.76. The van der Waals surface area contributed by atoms with Crippen LogP contribution in [0.5, 0.6) is 0 Å². The molecule has 92 valence electrons. The molecule has 0 radical (unpaired) electrons. The summed E-state index contributed by atoms with van der Waals surface area (Å²) in [6.45, 7) is 0.600. The molecular weight excluding hydrogens is 294 g/mol. The van der Waals surface area contributed by atoms with Crippen LogP contribution in [0.15, 0.2) is 53.0 Å². The number of benzene rings is 2. The molecule has 0 aliphatic carbocycles. The first kappa shape index (κ1) is 12.6. The molecule has 0 aromatic heterocycles. The molecule has 0 aliphatic heterocycles. The highest BCUT2D eigenvalue weighted by Crippen LogP contribution is 2.21. The van der Waals surface area contributed by atoms with E-state index in [1.165, 1.54) is 0 Å². The Morgan fingerprint density at radius 1 is 1.17 bits per heavy atom. The zero-order chi connectivity index (χ0) is 13.0. The van der Waals surface area contributed by atoms with Crippen LogP contribution in [0.4, 0.5) is 5.69 Å². The standard InChI is InChI=1S/C14H12BrNO2/c15-11-6-7-13(12(8-11)14(17)18)16-9-10-4-2-1-3-5-10/h1-8,16H,9H2,(H,17,18). The maximum atomic E-state index is 11.1. The lowest BCUT2D eigenvalue weighted by Crippen LogP contribution is -2.06. The second-order valence-electron chi connectivity index (χ2n) is 3.83. The van der Waals surface area contributed by atoms with Crippen molar-refractivity contribution < 1.29 is 9.90 Å². The molecular formula is C14H12BrNO2. The summed E-state index contributed by atoms with van der Waals surface area (Å²) in [7, 11) is 0. The van der Waals surface area contributed by atoms with Crippen molar-refractivity contribution in [1.29, 1.82) is 0 Å². The van der Waals surface area contributed by atoms with Crippen LogP contribution in [0.2, 0.25) is 0 Å². The van der Waals surface area contributed by atoms with Crippen molar-refractivity contribution in [3.05, 3.63) is 64.1 Å². The summed E-state index contributed by atoms with van der Waals surface area (Å²) >= 11 is 3.27. The Morgan fingerprint density at radius 2 is 1.89 bits per heavy atom. The second kappa shape index (κ2) is 5.69. The molecule has 4 heteroatoms. The first-order valence-corrected chi connectivity index (χ1v) is 6.27. The summed E-state index contributed by atoms with van der Waals surface area (Å²) in [5.41, 5.74) is 1.99. The highest BCUT2D eigenvalue weighted by molar-refractivity contribution is 9.10. The normalized spacial score (nSPS) is 10.1. The van der Waals surface area contributed by atoms with E-state index in [2.05, 4.69) is 21.2 Å². The van der Waals surface area contributed by atoms with E-state index in [4.69, 9.17) is 5.11 Å². The van der Waals surface area contributed by atoms with Crippen molar-refractivity contribution >= 4 is 27.6 Å². The van der Waals surface area contributed by atoms with E-state index >= 15 is 0 Å². The third kappa shape index (κ3) is 3.11. The van der Waals surface area contributed by atoms with Gasteiger partial charge in [-0.3, -0.25) is 0 Å². The minimum absolute atomic E-state index is 0.264. The molecule has 0 fully saturated rings. The third-order valence-electron chi connectivity index (χ3n) is 2.54. The monoisotopic (exact) mass is 305 g/mol. The van der Waals surface area contributed by atoms with Gasteiger partial charge in [0, 0.05) is 16.7 Å². The molecule has 18 heavy (non-hydrogen) atoms. The fourth-order valence-electron chi connectivity index (χ4n) is 1.64. The quantitative estimate of drug-likeness (QED) is 0.904. The lowest BCUT2D eigenvalue weighted by molar-refractivity contribution is 0.0698. The number of anilines is 1. The molecule has 0 atom stereocenters. The van der Waals surface area contributed by atoms with Gasteiger partial charge in [0.25, 0.3) is 0 Å². The number of carboxylic acid groups (broad SMARTS) is 1. The molecule has 2 aromatic carbocycles. The lowest BCUT2D eigenvalue weighted by atomic mass is 10.1. The summed E-state index contributed by atoms with van der Waals surface area (Å²) in [4.78, 5) is 11.1. The SMILES string of the molecule is O=C(O)c1cc(Br)ccc1NCc1ccccc1. The van der Waals surface area contributed by atoms with Crippen LogP contribution in [-0.2, 0) is 6.54 Å². The molecule has 0 amide bonds. The van der Waals surface area contributed by atoms with Crippen molar-refractivity contribution in [2.75, 3.05) is 5.32 Å². The minimum atomic E-state index is -0.938. The Hall–Kier alpha value is -1.81. The maximum Gasteiger partial charge on any atom is 0.337 e. The molecule has 0 saturated heterocycles. The highest BCUT2D eigenvalue weighted by atomic mass is 79.9. The number of aromatic carboxylic acids is 1. The van der Waals surface area contributed by atoms with E-state index in [9.17, 15) is 4.79 Å². The Kier molecular flexibility index (Phi) is 3.99. The average Bonchev–Trinajstić information content (AvgIpc) is 2.38. The van der Waals surface area contributed by atoms with E-state index in [-0.39, 0.29) is 5.56 Å². The number of nitrogens with one attached hydrogen (secondary N) is 1. The van der Waals surface area contributed by atoms with Gasteiger partial charge in [-0.2, -0.15) is 0 Å².